The van der Waals surface area contributed by atoms with Gasteiger partial charge in [-0.25, -0.2) is 0 Å². The lowest BCUT2D eigenvalue weighted by atomic mass is 10.0. The third-order valence-corrected chi connectivity index (χ3v) is 5.20. The normalized spacial score (nSPS) is 34.4. The Bertz CT molecular complexity index is 380. The Morgan fingerprint density at radius 3 is 2.62 bits per heavy atom. The van der Waals surface area contributed by atoms with Gasteiger partial charge in [-0.15, -0.1) is 0 Å². The molecule has 3 aliphatic rings. The molecule has 4 heteroatoms. The first kappa shape index (κ1) is 15.3. The van der Waals surface area contributed by atoms with Gasteiger partial charge in [0.1, 0.15) is 0 Å². The Balaban J connectivity index is 1.66. The van der Waals surface area contributed by atoms with Gasteiger partial charge in [-0.1, -0.05) is 27.2 Å². The molecular weight excluding hydrogens is 262 g/mol. The topological polar surface area (TPSA) is 35.6 Å². The summed E-state index contributed by atoms with van der Waals surface area (Å²) in [7, 11) is 0. The van der Waals surface area contributed by atoms with Gasteiger partial charge in [0.25, 0.3) is 0 Å². The molecule has 3 unspecified atom stereocenters. The zero-order chi connectivity index (χ0) is 15.0. The second-order valence-corrected chi connectivity index (χ2v) is 7.57. The minimum absolute atomic E-state index is 0.0523. The maximum atomic E-state index is 12.9. The van der Waals surface area contributed by atoms with E-state index in [1.54, 1.807) is 0 Å². The lowest BCUT2D eigenvalue weighted by Crippen LogP contribution is -2.46. The van der Waals surface area contributed by atoms with Gasteiger partial charge in [-0.05, 0) is 38.0 Å². The number of nitrogens with one attached hydrogen (secondary N) is 1. The largest absolute Gasteiger partial charge is 0.321 e. The molecule has 120 valence electrons. The van der Waals surface area contributed by atoms with Crippen LogP contribution in [0.15, 0.2) is 0 Å². The van der Waals surface area contributed by atoms with Crippen LogP contribution in [0.2, 0.25) is 0 Å². The molecule has 0 radical (unpaired) electrons. The van der Waals surface area contributed by atoms with Gasteiger partial charge in [0.15, 0.2) is 0 Å². The molecule has 0 aromatic rings. The van der Waals surface area contributed by atoms with E-state index in [0.29, 0.717) is 17.9 Å². The number of hydrogen-bond donors (Lipinski definition) is 1. The Hall–Kier alpha value is -0.610. The van der Waals surface area contributed by atoms with Crippen LogP contribution in [0.1, 0.15) is 59.3 Å². The molecule has 3 atom stereocenters. The zero-order valence-corrected chi connectivity index (χ0v) is 13.8. The van der Waals surface area contributed by atoms with Crippen LogP contribution in [0, 0.1) is 5.92 Å². The Morgan fingerprint density at radius 1 is 1.24 bits per heavy atom. The summed E-state index contributed by atoms with van der Waals surface area (Å²) < 4.78 is 0. The van der Waals surface area contributed by atoms with Crippen molar-refractivity contribution in [2.24, 2.45) is 5.92 Å². The van der Waals surface area contributed by atoms with Gasteiger partial charge in [0, 0.05) is 25.2 Å². The average Bonchev–Trinajstić information content (AvgIpc) is 3.09. The first-order valence-corrected chi connectivity index (χ1v) is 8.92. The van der Waals surface area contributed by atoms with Crippen molar-refractivity contribution >= 4 is 5.91 Å². The Kier molecular flexibility index (Phi) is 4.55. The molecule has 2 saturated heterocycles. The molecule has 21 heavy (non-hydrogen) atoms. The van der Waals surface area contributed by atoms with Gasteiger partial charge < -0.3 is 4.90 Å². The van der Waals surface area contributed by atoms with Crippen LogP contribution in [0.5, 0.6) is 0 Å². The second-order valence-electron chi connectivity index (χ2n) is 7.57. The number of amides is 1. The molecular formula is C17H31N3O. The summed E-state index contributed by atoms with van der Waals surface area (Å²) in [6.45, 7) is 8.92. The molecule has 0 aromatic carbocycles. The van der Waals surface area contributed by atoms with E-state index in [9.17, 15) is 4.79 Å². The number of carbonyl (C=O) groups is 1. The van der Waals surface area contributed by atoms with Crippen LogP contribution >= 0.6 is 0 Å². The highest BCUT2D eigenvalue weighted by molar-refractivity contribution is 5.84. The van der Waals surface area contributed by atoms with Crippen molar-refractivity contribution in [1.29, 1.82) is 0 Å². The van der Waals surface area contributed by atoms with E-state index in [-0.39, 0.29) is 12.2 Å². The number of carbonyl (C=O) groups excluding carboxylic acids is 1. The van der Waals surface area contributed by atoms with Crippen molar-refractivity contribution in [3.8, 4) is 0 Å². The maximum absolute atomic E-state index is 12.9. The fourth-order valence-electron chi connectivity index (χ4n) is 4.05. The summed E-state index contributed by atoms with van der Waals surface area (Å²) in [5, 5.41) is 3.62. The van der Waals surface area contributed by atoms with E-state index in [0.717, 1.165) is 31.8 Å². The third-order valence-electron chi connectivity index (χ3n) is 5.20. The molecule has 3 fully saturated rings. The van der Waals surface area contributed by atoms with Gasteiger partial charge in [-0.2, -0.15) is 0 Å². The first-order valence-electron chi connectivity index (χ1n) is 8.92. The molecule has 1 aliphatic carbocycles. The van der Waals surface area contributed by atoms with Crippen molar-refractivity contribution in [2.45, 2.75) is 83.6 Å². The van der Waals surface area contributed by atoms with Gasteiger partial charge in [-0.3, -0.25) is 15.0 Å². The van der Waals surface area contributed by atoms with E-state index < -0.39 is 0 Å². The average molecular weight is 293 g/mol. The summed E-state index contributed by atoms with van der Waals surface area (Å²) >= 11 is 0. The van der Waals surface area contributed by atoms with Crippen molar-refractivity contribution in [3.05, 3.63) is 0 Å². The smallest absolute Gasteiger partial charge is 0.241 e. The quantitative estimate of drug-likeness (QED) is 0.815. The second kappa shape index (κ2) is 6.25. The molecule has 1 amide bonds. The van der Waals surface area contributed by atoms with Gasteiger partial charge >= 0.3 is 0 Å². The van der Waals surface area contributed by atoms with Crippen LogP contribution in [-0.2, 0) is 4.79 Å². The minimum atomic E-state index is 0.0523. The predicted octanol–water partition coefficient (Wildman–Crippen LogP) is 2.20. The SMILES string of the molecule is CCCC1NC(CC(C)C)C(=O)N1C1CCN(C2CC2)C1. The van der Waals surface area contributed by atoms with Crippen molar-refractivity contribution in [1.82, 2.24) is 15.1 Å². The Labute approximate surface area is 129 Å². The highest BCUT2D eigenvalue weighted by atomic mass is 16.2. The molecule has 1 saturated carbocycles. The Morgan fingerprint density at radius 2 is 2.00 bits per heavy atom. The van der Waals surface area contributed by atoms with Crippen LogP contribution in [0.3, 0.4) is 0 Å². The highest BCUT2D eigenvalue weighted by Gasteiger charge is 2.45. The zero-order valence-electron chi connectivity index (χ0n) is 13.8. The summed E-state index contributed by atoms with van der Waals surface area (Å²) in [6, 6.07) is 1.33. The van der Waals surface area contributed by atoms with Gasteiger partial charge in [0.05, 0.1) is 12.2 Å². The van der Waals surface area contributed by atoms with Gasteiger partial charge in [0.2, 0.25) is 5.91 Å². The van der Waals surface area contributed by atoms with Crippen molar-refractivity contribution in [3.63, 3.8) is 0 Å². The fraction of sp³-hybridized carbons (Fsp3) is 0.941. The predicted molar refractivity (Wildman–Crippen MR) is 84.9 cm³/mol. The molecule has 2 heterocycles. The third kappa shape index (κ3) is 3.26. The maximum Gasteiger partial charge on any atom is 0.241 e. The van der Waals surface area contributed by atoms with Crippen molar-refractivity contribution in [2.75, 3.05) is 13.1 Å². The summed E-state index contributed by atoms with van der Waals surface area (Å²) in [6.07, 6.45) is 7.36. The molecule has 1 N–H and O–H groups in total. The molecule has 2 aliphatic heterocycles. The standard InChI is InChI=1S/C17H31N3O/c1-4-5-16-18-15(10-12(2)3)17(21)20(16)14-8-9-19(11-14)13-6-7-13/h12-16,18H,4-11H2,1-3H3. The lowest BCUT2D eigenvalue weighted by Gasteiger charge is -2.30. The molecule has 3 rings (SSSR count). The van der Waals surface area contributed by atoms with E-state index in [1.807, 2.05) is 0 Å². The van der Waals surface area contributed by atoms with E-state index in [4.69, 9.17) is 0 Å². The molecule has 0 spiro atoms. The van der Waals surface area contributed by atoms with E-state index in [1.165, 1.54) is 25.8 Å². The summed E-state index contributed by atoms with van der Waals surface area (Å²) in [4.78, 5) is 17.7. The highest BCUT2D eigenvalue weighted by Crippen LogP contribution is 2.33. The number of hydrogen-bond acceptors (Lipinski definition) is 3. The van der Waals surface area contributed by atoms with Crippen LogP contribution in [-0.4, -0.2) is 53.1 Å². The first-order chi connectivity index (χ1) is 10.1. The van der Waals surface area contributed by atoms with E-state index >= 15 is 0 Å². The number of likely N-dealkylation sites (tertiary alicyclic amines) is 1. The number of rotatable bonds is 6. The molecule has 4 nitrogen and oxygen atoms in total. The van der Waals surface area contributed by atoms with Crippen molar-refractivity contribution < 1.29 is 4.79 Å². The number of nitrogens with zero attached hydrogens (tertiary/aromatic N) is 2. The van der Waals surface area contributed by atoms with Crippen LogP contribution < -0.4 is 5.32 Å². The fourth-order valence-corrected chi connectivity index (χ4v) is 4.05. The lowest BCUT2D eigenvalue weighted by molar-refractivity contribution is -0.132. The molecule has 0 aromatic heterocycles. The monoisotopic (exact) mass is 293 g/mol. The minimum Gasteiger partial charge on any atom is -0.321 e. The van der Waals surface area contributed by atoms with Crippen LogP contribution in [0.4, 0.5) is 0 Å². The summed E-state index contributed by atoms with van der Waals surface area (Å²) in [5.74, 6) is 0.935. The van der Waals surface area contributed by atoms with Crippen LogP contribution in [0.25, 0.3) is 0 Å². The summed E-state index contributed by atoms with van der Waals surface area (Å²) in [5.41, 5.74) is 0. The molecule has 0 bridgehead atoms. The van der Waals surface area contributed by atoms with E-state index in [2.05, 4.69) is 35.9 Å².